The Morgan fingerprint density at radius 2 is 2.16 bits per heavy atom. The monoisotopic (exact) mass is 273 g/mol. The number of hydrogen-bond acceptors (Lipinski definition) is 2. The van der Waals surface area contributed by atoms with E-state index in [-0.39, 0.29) is 0 Å². The van der Waals surface area contributed by atoms with E-state index < -0.39 is 0 Å². The van der Waals surface area contributed by atoms with Gasteiger partial charge < -0.3 is 5.73 Å². The van der Waals surface area contributed by atoms with Crippen molar-refractivity contribution in [1.29, 1.82) is 0 Å². The van der Waals surface area contributed by atoms with Crippen molar-refractivity contribution >= 4 is 11.6 Å². The first kappa shape index (κ1) is 13.7. The van der Waals surface area contributed by atoms with E-state index in [1.807, 2.05) is 36.7 Å². The molecule has 0 aliphatic heterocycles. The topological polar surface area (TPSA) is 43.8 Å². The highest BCUT2D eigenvalue weighted by Gasteiger charge is 2.09. The summed E-state index contributed by atoms with van der Waals surface area (Å²) in [7, 11) is 0. The van der Waals surface area contributed by atoms with Crippen molar-refractivity contribution in [2.75, 3.05) is 6.54 Å². The molecule has 0 radical (unpaired) electrons. The fourth-order valence-corrected chi connectivity index (χ4v) is 2.04. The molecule has 2 rings (SSSR count). The van der Waals surface area contributed by atoms with Crippen molar-refractivity contribution in [3.63, 3.8) is 0 Å². The number of nitrogens with zero attached hydrogens (tertiary/aromatic N) is 2. The molecule has 0 bridgehead atoms. The summed E-state index contributed by atoms with van der Waals surface area (Å²) in [6.45, 7) is 4.95. The van der Waals surface area contributed by atoms with Gasteiger partial charge in [-0.05, 0) is 31.5 Å². The number of halogens is 1. The Balaban J connectivity index is 2.26. The molecule has 98 valence electrons. The smallest absolute Gasteiger partial charge is 0.0844 e. The summed E-state index contributed by atoms with van der Waals surface area (Å²) in [5.41, 5.74) is 9.33. The van der Waals surface area contributed by atoms with Crippen molar-refractivity contribution < 1.29 is 0 Å². The lowest BCUT2D eigenvalue weighted by atomic mass is 10.1. The average Bonchev–Trinajstić information content (AvgIpc) is 2.64. The van der Waals surface area contributed by atoms with Gasteiger partial charge in [0.15, 0.2) is 0 Å². The lowest BCUT2D eigenvalue weighted by Gasteiger charge is -2.05. The Kier molecular flexibility index (Phi) is 4.26. The van der Waals surface area contributed by atoms with E-state index in [0.717, 1.165) is 27.5 Å². The molecule has 1 heterocycles. The van der Waals surface area contributed by atoms with E-state index in [9.17, 15) is 0 Å². The standard InChI is InChI=1S/C15H16ClN3/c1-11-15(16)12(2)19(18-11)10-14-6-3-5-13(9-14)7-4-8-17/h3,5-6,9H,8,10,17H2,1-2H3. The van der Waals surface area contributed by atoms with Crippen LogP contribution in [-0.2, 0) is 6.54 Å². The average molecular weight is 274 g/mol. The van der Waals surface area contributed by atoms with Crippen LogP contribution in [0.3, 0.4) is 0 Å². The van der Waals surface area contributed by atoms with Gasteiger partial charge in [0.25, 0.3) is 0 Å². The quantitative estimate of drug-likeness (QED) is 0.855. The summed E-state index contributed by atoms with van der Waals surface area (Å²) in [5.74, 6) is 5.89. The second-order valence-corrected chi connectivity index (χ2v) is 4.73. The van der Waals surface area contributed by atoms with Crippen molar-refractivity contribution in [2.45, 2.75) is 20.4 Å². The zero-order valence-corrected chi connectivity index (χ0v) is 11.8. The van der Waals surface area contributed by atoms with Crippen molar-refractivity contribution in [2.24, 2.45) is 5.73 Å². The minimum atomic E-state index is 0.372. The normalized spacial score (nSPS) is 10.1. The first-order chi connectivity index (χ1) is 9.11. The Bertz CT molecular complexity index is 647. The van der Waals surface area contributed by atoms with Crippen LogP contribution in [-0.4, -0.2) is 16.3 Å². The lowest BCUT2D eigenvalue weighted by molar-refractivity contribution is 0.659. The van der Waals surface area contributed by atoms with Crippen LogP contribution in [0.1, 0.15) is 22.5 Å². The van der Waals surface area contributed by atoms with Gasteiger partial charge >= 0.3 is 0 Å². The molecule has 3 nitrogen and oxygen atoms in total. The second-order valence-electron chi connectivity index (χ2n) is 4.35. The van der Waals surface area contributed by atoms with Crippen LogP contribution < -0.4 is 5.73 Å². The number of aryl methyl sites for hydroxylation is 1. The summed E-state index contributed by atoms with van der Waals surface area (Å²) in [6, 6.07) is 8.06. The van der Waals surface area contributed by atoms with Gasteiger partial charge in [-0.1, -0.05) is 35.6 Å². The summed E-state index contributed by atoms with van der Waals surface area (Å²) in [6.07, 6.45) is 0. The van der Waals surface area contributed by atoms with E-state index in [1.165, 1.54) is 0 Å². The van der Waals surface area contributed by atoms with Gasteiger partial charge in [-0.2, -0.15) is 5.10 Å². The highest BCUT2D eigenvalue weighted by molar-refractivity contribution is 6.31. The molecule has 0 unspecified atom stereocenters. The lowest BCUT2D eigenvalue weighted by Crippen LogP contribution is -2.04. The molecular formula is C15H16ClN3. The Morgan fingerprint density at radius 3 is 2.79 bits per heavy atom. The van der Waals surface area contributed by atoms with Crippen LogP contribution in [0.4, 0.5) is 0 Å². The number of benzene rings is 1. The zero-order valence-electron chi connectivity index (χ0n) is 11.1. The van der Waals surface area contributed by atoms with Crippen LogP contribution in [0.2, 0.25) is 5.02 Å². The second kappa shape index (κ2) is 5.92. The maximum Gasteiger partial charge on any atom is 0.0844 e. The first-order valence-corrected chi connectivity index (χ1v) is 6.47. The molecule has 1 aromatic carbocycles. The van der Waals surface area contributed by atoms with Gasteiger partial charge in [-0.25, -0.2) is 0 Å². The van der Waals surface area contributed by atoms with Gasteiger partial charge in [0.2, 0.25) is 0 Å². The number of hydrogen-bond donors (Lipinski definition) is 1. The third-order valence-corrected chi connectivity index (χ3v) is 3.43. The van der Waals surface area contributed by atoms with E-state index in [4.69, 9.17) is 17.3 Å². The van der Waals surface area contributed by atoms with E-state index in [0.29, 0.717) is 13.1 Å². The minimum Gasteiger partial charge on any atom is -0.320 e. The largest absolute Gasteiger partial charge is 0.320 e. The third-order valence-electron chi connectivity index (χ3n) is 2.89. The fourth-order valence-electron chi connectivity index (χ4n) is 1.90. The molecule has 1 aromatic heterocycles. The van der Waals surface area contributed by atoms with Crippen LogP contribution in [0.5, 0.6) is 0 Å². The highest BCUT2D eigenvalue weighted by atomic mass is 35.5. The van der Waals surface area contributed by atoms with Gasteiger partial charge in [0.05, 0.1) is 29.5 Å². The Labute approximate surface area is 118 Å². The van der Waals surface area contributed by atoms with Crippen molar-refractivity contribution in [1.82, 2.24) is 9.78 Å². The van der Waals surface area contributed by atoms with Gasteiger partial charge in [0.1, 0.15) is 0 Å². The fraction of sp³-hybridized carbons (Fsp3) is 0.267. The maximum absolute atomic E-state index is 6.14. The predicted molar refractivity (Wildman–Crippen MR) is 78.2 cm³/mol. The Morgan fingerprint density at radius 1 is 1.37 bits per heavy atom. The molecular weight excluding hydrogens is 258 g/mol. The van der Waals surface area contributed by atoms with E-state index >= 15 is 0 Å². The predicted octanol–water partition coefficient (Wildman–Crippen LogP) is 2.51. The summed E-state index contributed by atoms with van der Waals surface area (Å²) >= 11 is 6.14. The number of rotatable bonds is 2. The van der Waals surface area contributed by atoms with Crippen LogP contribution in [0, 0.1) is 25.7 Å². The molecule has 4 heteroatoms. The molecule has 0 amide bonds. The van der Waals surface area contributed by atoms with Crippen LogP contribution in [0.25, 0.3) is 0 Å². The Hall–Kier alpha value is -1.76. The van der Waals surface area contributed by atoms with Crippen molar-refractivity contribution in [3.8, 4) is 11.8 Å². The van der Waals surface area contributed by atoms with Crippen LogP contribution >= 0.6 is 11.6 Å². The molecule has 19 heavy (non-hydrogen) atoms. The molecule has 0 spiro atoms. The minimum absolute atomic E-state index is 0.372. The molecule has 2 aromatic rings. The SMILES string of the molecule is Cc1nn(Cc2cccc(C#CCN)c2)c(C)c1Cl. The summed E-state index contributed by atoms with van der Waals surface area (Å²) < 4.78 is 1.91. The van der Waals surface area contributed by atoms with E-state index in [2.05, 4.69) is 23.0 Å². The molecule has 0 saturated carbocycles. The van der Waals surface area contributed by atoms with Gasteiger partial charge in [0, 0.05) is 5.56 Å². The zero-order chi connectivity index (χ0) is 13.8. The molecule has 0 saturated heterocycles. The molecule has 0 aliphatic carbocycles. The highest BCUT2D eigenvalue weighted by Crippen LogP contribution is 2.20. The molecule has 0 fully saturated rings. The molecule has 2 N–H and O–H groups in total. The third kappa shape index (κ3) is 3.17. The van der Waals surface area contributed by atoms with Gasteiger partial charge in [-0.15, -0.1) is 0 Å². The molecule has 0 aliphatic rings. The van der Waals surface area contributed by atoms with Crippen LogP contribution in [0.15, 0.2) is 24.3 Å². The van der Waals surface area contributed by atoms with E-state index in [1.54, 1.807) is 0 Å². The summed E-state index contributed by atoms with van der Waals surface area (Å²) in [5, 5.41) is 5.16. The maximum atomic E-state index is 6.14. The number of aromatic nitrogens is 2. The number of nitrogens with two attached hydrogens (primary N) is 1. The van der Waals surface area contributed by atoms with Gasteiger partial charge in [-0.3, -0.25) is 4.68 Å². The molecule has 0 atom stereocenters. The van der Waals surface area contributed by atoms with Crippen molar-refractivity contribution in [3.05, 3.63) is 51.8 Å². The first-order valence-electron chi connectivity index (χ1n) is 6.09. The summed E-state index contributed by atoms with van der Waals surface area (Å²) in [4.78, 5) is 0.